The quantitative estimate of drug-likeness (QED) is 0.847. The van der Waals surface area contributed by atoms with Crippen molar-refractivity contribution < 1.29 is 4.74 Å². The van der Waals surface area contributed by atoms with Gasteiger partial charge in [0.15, 0.2) is 0 Å². The van der Waals surface area contributed by atoms with Gasteiger partial charge in [0.1, 0.15) is 5.75 Å². The molecule has 1 saturated carbocycles. The predicted octanol–water partition coefficient (Wildman–Crippen LogP) is 4.07. The molecule has 2 N–H and O–H groups in total. The molecule has 3 atom stereocenters. The summed E-state index contributed by atoms with van der Waals surface area (Å²) in [4.78, 5) is 0. The average Bonchev–Trinajstić information content (AvgIpc) is 2.43. The summed E-state index contributed by atoms with van der Waals surface area (Å²) in [5.74, 6) is 1.37. The van der Waals surface area contributed by atoms with Crippen LogP contribution in [0.3, 0.4) is 0 Å². The molecular weight excluding hydrogens is 270 g/mol. The monoisotopic (exact) mass is 293 g/mol. The molecule has 2 aliphatic carbocycles. The normalized spacial score (nSPS) is 33.0. The third kappa shape index (κ3) is 2.14. The lowest BCUT2D eigenvalue weighted by Crippen LogP contribution is -2.52. The number of hydrogen-bond donors (Lipinski definition) is 1. The third-order valence-corrected chi connectivity index (χ3v) is 5.79. The smallest absolute Gasteiger partial charge is 0.137 e. The number of methoxy groups -OCH3 is 1. The number of rotatable bonds is 1. The standard InChI is InChI=1S/C17H24ClNO/c1-17-7-5-3-4-6-11(16(17)19)8-12-9-14(18)15(20-2)10-13(12)17/h9-11,16H,3-8,19H2,1-2H3. The van der Waals surface area contributed by atoms with Crippen LogP contribution in [0.15, 0.2) is 12.1 Å². The first-order chi connectivity index (χ1) is 9.56. The second-order valence-corrected chi connectivity index (χ2v) is 7.06. The Morgan fingerprint density at radius 2 is 2.10 bits per heavy atom. The highest BCUT2D eigenvalue weighted by Gasteiger charge is 2.44. The number of fused-ring (bicyclic) bond motifs is 4. The molecule has 3 rings (SSSR count). The SMILES string of the molecule is COc1cc2c(cc1Cl)CC1CCCCCC2(C)C1N. The molecule has 0 aromatic heterocycles. The van der Waals surface area contributed by atoms with Crippen LogP contribution in [0.25, 0.3) is 0 Å². The summed E-state index contributed by atoms with van der Waals surface area (Å²) >= 11 is 6.32. The molecular formula is C17H24ClNO. The minimum atomic E-state index is 0.0660. The molecule has 20 heavy (non-hydrogen) atoms. The molecule has 1 aromatic carbocycles. The van der Waals surface area contributed by atoms with Crippen LogP contribution in [0.5, 0.6) is 5.75 Å². The van der Waals surface area contributed by atoms with Crippen LogP contribution in [-0.4, -0.2) is 13.2 Å². The number of hydrogen-bond acceptors (Lipinski definition) is 2. The van der Waals surface area contributed by atoms with Crippen LogP contribution in [0, 0.1) is 5.92 Å². The van der Waals surface area contributed by atoms with Gasteiger partial charge < -0.3 is 10.5 Å². The van der Waals surface area contributed by atoms with Gasteiger partial charge in [-0.1, -0.05) is 37.8 Å². The summed E-state index contributed by atoms with van der Waals surface area (Å²) in [7, 11) is 1.68. The molecule has 0 spiro atoms. The van der Waals surface area contributed by atoms with Crippen LogP contribution in [0.4, 0.5) is 0 Å². The van der Waals surface area contributed by atoms with Gasteiger partial charge in [-0.25, -0.2) is 0 Å². The highest BCUT2D eigenvalue weighted by Crippen LogP contribution is 2.47. The lowest BCUT2D eigenvalue weighted by Gasteiger charge is -2.47. The summed E-state index contributed by atoms with van der Waals surface area (Å²) < 4.78 is 5.41. The van der Waals surface area contributed by atoms with Gasteiger partial charge >= 0.3 is 0 Å². The summed E-state index contributed by atoms with van der Waals surface area (Å²) in [6.07, 6.45) is 7.39. The number of ether oxygens (including phenoxy) is 1. The van der Waals surface area contributed by atoms with Crippen molar-refractivity contribution in [2.24, 2.45) is 11.7 Å². The number of halogens is 1. The number of benzene rings is 1. The zero-order valence-electron chi connectivity index (χ0n) is 12.4. The Labute approximate surface area is 126 Å². The zero-order chi connectivity index (χ0) is 14.3. The minimum Gasteiger partial charge on any atom is -0.495 e. The average molecular weight is 294 g/mol. The molecule has 2 bridgehead atoms. The molecule has 0 saturated heterocycles. The fourth-order valence-electron chi connectivity index (χ4n) is 4.22. The molecule has 1 fully saturated rings. The maximum Gasteiger partial charge on any atom is 0.137 e. The van der Waals surface area contributed by atoms with E-state index in [-0.39, 0.29) is 11.5 Å². The van der Waals surface area contributed by atoms with Gasteiger partial charge in [0.2, 0.25) is 0 Å². The van der Waals surface area contributed by atoms with E-state index in [1.54, 1.807) is 7.11 Å². The van der Waals surface area contributed by atoms with E-state index in [2.05, 4.69) is 19.1 Å². The van der Waals surface area contributed by atoms with E-state index in [0.717, 1.165) is 17.2 Å². The van der Waals surface area contributed by atoms with Crippen molar-refractivity contribution in [1.82, 2.24) is 0 Å². The number of nitrogens with two attached hydrogens (primary N) is 1. The predicted molar refractivity (Wildman–Crippen MR) is 83.6 cm³/mol. The van der Waals surface area contributed by atoms with Crippen molar-refractivity contribution in [3.8, 4) is 5.75 Å². The summed E-state index contributed by atoms with van der Waals surface area (Å²) in [5.41, 5.74) is 9.47. The molecule has 110 valence electrons. The summed E-state index contributed by atoms with van der Waals surface area (Å²) in [6.45, 7) is 2.33. The van der Waals surface area contributed by atoms with Crippen LogP contribution in [-0.2, 0) is 11.8 Å². The minimum absolute atomic E-state index is 0.0660. The Hall–Kier alpha value is -0.730. The van der Waals surface area contributed by atoms with E-state index in [1.807, 2.05) is 0 Å². The van der Waals surface area contributed by atoms with Crippen LogP contribution < -0.4 is 10.5 Å². The zero-order valence-corrected chi connectivity index (χ0v) is 13.2. The van der Waals surface area contributed by atoms with Gasteiger partial charge in [0.25, 0.3) is 0 Å². The van der Waals surface area contributed by atoms with Crippen LogP contribution in [0.2, 0.25) is 5.02 Å². The molecule has 2 nitrogen and oxygen atoms in total. The largest absolute Gasteiger partial charge is 0.495 e. The Bertz CT molecular complexity index is 516. The van der Waals surface area contributed by atoms with Crippen LogP contribution >= 0.6 is 11.6 Å². The van der Waals surface area contributed by atoms with E-state index in [0.29, 0.717) is 5.92 Å². The molecule has 0 radical (unpaired) electrons. The Balaban J connectivity index is 2.13. The van der Waals surface area contributed by atoms with E-state index in [1.165, 1.54) is 43.2 Å². The molecule has 2 aliphatic rings. The maximum absolute atomic E-state index is 6.66. The van der Waals surface area contributed by atoms with E-state index in [4.69, 9.17) is 22.1 Å². The van der Waals surface area contributed by atoms with Gasteiger partial charge in [-0.3, -0.25) is 0 Å². The highest BCUT2D eigenvalue weighted by molar-refractivity contribution is 6.32. The molecule has 0 amide bonds. The highest BCUT2D eigenvalue weighted by atomic mass is 35.5. The fourth-order valence-corrected chi connectivity index (χ4v) is 4.48. The van der Waals surface area contributed by atoms with Crippen molar-refractivity contribution in [1.29, 1.82) is 0 Å². The second-order valence-electron chi connectivity index (χ2n) is 6.65. The molecule has 3 heteroatoms. The Kier molecular flexibility index (Phi) is 3.72. The van der Waals surface area contributed by atoms with Crippen LogP contribution in [0.1, 0.15) is 50.2 Å². The van der Waals surface area contributed by atoms with Crippen molar-refractivity contribution in [2.45, 2.75) is 56.9 Å². The first-order valence-corrected chi connectivity index (χ1v) is 8.06. The molecule has 0 heterocycles. The van der Waals surface area contributed by atoms with E-state index >= 15 is 0 Å². The Morgan fingerprint density at radius 3 is 2.85 bits per heavy atom. The van der Waals surface area contributed by atoms with Gasteiger partial charge in [0.05, 0.1) is 12.1 Å². The lowest BCUT2D eigenvalue weighted by atomic mass is 9.60. The van der Waals surface area contributed by atoms with E-state index < -0.39 is 0 Å². The fraction of sp³-hybridized carbons (Fsp3) is 0.647. The molecule has 3 unspecified atom stereocenters. The first-order valence-electron chi connectivity index (χ1n) is 7.69. The second kappa shape index (κ2) is 5.23. The van der Waals surface area contributed by atoms with Gasteiger partial charge in [-0.15, -0.1) is 0 Å². The lowest BCUT2D eigenvalue weighted by molar-refractivity contribution is 0.201. The summed E-state index contributed by atoms with van der Waals surface area (Å²) in [5, 5.41) is 0.722. The van der Waals surface area contributed by atoms with Gasteiger partial charge in [0, 0.05) is 11.5 Å². The third-order valence-electron chi connectivity index (χ3n) is 5.49. The van der Waals surface area contributed by atoms with Crippen molar-refractivity contribution in [3.05, 3.63) is 28.3 Å². The first kappa shape index (κ1) is 14.2. The van der Waals surface area contributed by atoms with Crippen molar-refractivity contribution in [3.63, 3.8) is 0 Å². The maximum atomic E-state index is 6.66. The molecule has 0 aliphatic heterocycles. The van der Waals surface area contributed by atoms with Gasteiger partial charge in [-0.2, -0.15) is 0 Å². The topological polar surface area (TPSA) is 35.2 Å². The van der Waals surface area contributed by atoms with E-state index in [9.17, 15) is 0 Å². The van der Waals surface area contributed by atoms with Gasteiger partial charge in [-0.05, 0) is 48.4 Å². The molecule has 1 aromatic rings. The van der Waals surface area contributed by atoms with Crippen molar-refractivity contribution in [2.75, 3.05) is 7.11 Å². The Morgan fingerprint density at radius 1 is 1.30 bits per heavy atom. The summed E-state index contributed by atoms with van der Waals surface area (Å²) in [6, 6.07) is 4.49. The van der Waals surface area contributed by atoms with Crippen molar-refractivity contribution >= 4 is 11.6 Å².